The van der Waals surface area contributed by atoms with Crippen molar-refractivity contribution in [3.05, 3.63) is 34.6 Å². The lowest BCUT2D eigenvalue weighted by atomic mass is 10.2. The first-order chi connectivity index (χ1) is 7.72. The molecule has 84 valence electrons. The highest BCUT2D eigenvalue weighted by molar-refractivity contribution is 7.15. The van der Waals surface area contributed by atoms with Crippen molar-refractivity contribution in [3.8, 4) is 10.6 Å². The molecule has 2 aromatic rings. The van der Waals surface area contributed by atoms with Gasteiger partial charge in [0.1, 0.15) is 5.01 Å². The molecule has 0 bridgehead atoms. The molecule has 3 nitrogen and oxygen atoms in total. The Kier molecular flexibility index (Phi) is 3.31. The largest absolute Gasteiger partial charge is 0.315 e. The van der Waals surface area contributed by atoms with Gasteiger partial charge in [0.05, 0.1) is 5.69 Å². The molecule has 0 saturated heterocycles. The average Bonchev–Trinajstić information content (AvgIpc) is 2.61. The zero-order chi connectivity index (χ0) is 11.5. The maximum Gasteiger partial charge on any atom is 0.124 e. The Morgan fingerprint density at radius 2 is 2.19 bits per heavy atom. The molecular weight excluding hydrogens is 218 g/mol. The van der Waals surface area contributed by atoms with Crippen molar-refractivity contribution in [3.63, 3.8) is 0 Å². The summed E-state index contributed by atoms with van der Waals surface area (Å²) in [6, 6.07) is 2.02. The second-order valence-electron chi connectivity index (χ2n) is 3.75. The molecule has 2 rings (SSSR count). The number of pyridine rings is 1. The van der Waals surface area contributed by atoms with Gasteiger partial charge in [0.25, 0.3) is 0 Å². The minimum atomic E-state index is 0.883. The summed E-state index contributed by atoms with van der Waals surface area (Å²) in [7, 11) is 1.95. The predicted octanol–water partition coefficient (Wildman–Crippen LogP) is 2.54. The molecule has 0 aliphatic carbocycles. The van der Waals surface area contributed by atoms with Gasteiger partial charge in [0.2, 0.25) is 0 Å². The molecule has 0 spiro atoms. The molecule has 16 heavy (non-hydrogen) atoms. The molecule has 1 N–H and O–H groups in total. The van der Waals surface area contributed by atoms with Crippen molar-refractivity contribution in [1.29, 1.82) is 0 Å². The second-order valence-corrected chi connectivity index (χ2v) is 4.83. The normalized spacial score (nSPS) is 10.7. The molecule has 0 atom stereocenters. The molecule has 2 aromatic heterocycles. The predicted molar refractivity (Wildman–Crippen MR) is 67.6 cm³/mol. The van der Waals surface area contributed by atoms with Crippen LogP contribution < -0.4 is 5.32 Å². The van der Waals surface area contributed by atoms with Gasteiger partial charge in [-0.1, -0.05) is 0 Å². The number of rotatable bonds is 3. The fourth-order valence-corrected chi connectivity index (χ4v) is 2.75. The summed E-state index contributed by atoms with van der Waals surface area (Å²) >= 11 is 1.75. The quantitative estimate of drug-likeness (QED) is 0.885. The van der Waals surface area contributed by atoms with E-state index in [9.17, 15) is 0 Å². The molecular formula is C12H15N3S. The van der Waals surface area contributed by atoms with Gasteiger partial charge in [0.15, 0.2) is 0 Å². The fourth-order valence-electron chi connectivity index (χ4n) is 1.58. The van der Waals surface area contributed by atoms with Gasteiger partial charge in [-0.15, -0.1) is 11.3 Å². The van der Waals surface area contributed by atoms with Crippen LogP contribution in [-0.4, -0.2) is 17.0 Å². The van der Waals surface area contributed by atoms with E-state index in [1.54, 1.807) is 11.3 Å². The monoisotopic (exact) mass is 233 g/mol. The summed E-state index contributed by atoms with van der Waals surface area (Å²) in [5.41, 5.74) is 3.48. The molecule has 2 heterocycles. The lowest BCUT2D eigenvalue weighted by Crippen LogP contribution is -2.04. The maximum atomic E-state index is 4.61. The van der Waals surface area contributed by atoms with Crippen LogP contribution in [0.2, 0.25) is 0 Å². The third-order valence-corrected chi connectivity index (χ3v) is 3.67. The van der Waals surface area contributed by atoms with Crippen LogP contribution in [0.1, 0.15) is 16.1 Å². The van der Waals surface area contributed by atoms with E-state index in [2.05, 4.69) is 29.1 Å². The summed E-state index contributed by atoms with van der Waals surface area (Å²) in [4.78, 5) is 10.0. The maximum absolute atomic E-state index is 4.61. The van der Waals surface area contributed by atoms with Crippen molar-refractivity contribution in [2.75, 3.05) is 7.05 Å². The number of aromatic nitrogens is 2. The Labute approximate surface area is 99.6 Å². The van der Waals surface area contributed by atoms with Gasteiger partial charge in [0, 0.05) is 29.4 Å². The Morgan fingerprint density at radius 1 is 1.38 bits per heavy atom. The molecule has 0 fully saturated rings. The van der Waals surface area contributed by atoms with Crippen molar-refractivity contribution in [2.24, 2.45) is 0 Å². The highest BCUT2D eigenvalue weighted by Crippen LogP contribution is 2.29. The van der Waals surface area contributed by atoms with Gasteiger partial charge in [-0.25, -0.2) is 4.98 Å². The molecule has 0 aliphatic heterocycles. The highest BCUT2D eigenvalue weighted by atomic mass is 32.1. The lowest BCUT2D eigenvalue weighted by molar-refractivity contribution is 0.823. The van der Waals surface area contributed by atoms with Crippen LogP contribution in [0.25, 0.3) is 10.6 Å². The average molecular weight is 233 g/mol. The third-order valence-electron chi connectivity index (χ3n) is 2.48. The SMILES string of the molecule is CNCc1sc(-c2ccncc2C)nc1C. The minimum Gasteiger partial charge on any atom is -0.315 e. The van der Waals surface area contributed by atoms with E-state index in [1.807, 2.05) is 25.5 Å². The van der Waals surface area contributed by atoms with E-state index >= 15 is 0 Å². The summed E-state index contributed by atoms with van der Waals surface area (Å²) < 4.78 is 0. The van der Waals surface area contributed by atoms with Crippen molar-refractivity contribution in [2.45, 2.75) is 20.4 Å². The molecule has 4 heteroatoms. The van der Waals surface area contributed by atoms with Crippen LogP contribution in [0.15, 0.2) is 18.5 Å². The van der Waals surface area contributed by atoms with Gasteiger partial charge in [-0.3, -0.25) is 4.98 Å². The van der Waals surface area contributed by atoms with E-state index in [-0.39, 0.29) is 0 Å². The van der Waals surface area contributed by atoms with Crippen molar-refractivity contribution >= 4 is 11.3 Å². The number of hydrogen-bond acceptors (Lipinski definition) is 4. The van der Waals surface area contributed by atoms with Crippen LogP contribution >= 0.6 is 11.3 Å². The summed E-state index contributed by atoms with van der Waals surface area (Å²) in [5.74, 6) is 0. The van der Waals surface area contributed by atoms with Gasteiger partial charge in [-0.2, -0.15) is 0 Å². The number of nitrogens with zero attached hydrogens (tertiary/aromatic N) is 2. The summed E-state index contributed by atoms with van der Waals surface area (Å²) in [6.45, 7) is 5.01. The van der Waals surface area contributed by atoms with Crippen LogP contribution in [-0.2, 0) is 6.54 Å². The molecule has 0 unspecified atom stereocenters. The highest BCUT2D eigenvalue weighted by Gasteiger charge is 2.10. The Balaban J connectivity index is 2.42. The van der Waals surface area contributed by atoms with Crippen LogP contribution in [0.4, 0.5) is 0 Å². The molecule has 0 aliphatic rings. The topological polar surface area (TPSA) is 37.8 Å². The third kappa shape index (κ3) is 2.13. The first kappa shape index (κ1) is 11.2. The van der Waals surface area contributed by atoms with E-state index < -0.39 is 0 Å². The standard InChI is InChI=1S/C12H15N3S/c1-8-6-14-5-4-10(8)12-15-9(2)11(16-12)7-13-3/h4-6,13H,7H2,1-3H3. The molecule has 0 radical (unpaired) electrons. The Bertz CT molecular complexity index is 491. The van der Waals surface area contributed by atoms with Crippen molar-refractivity contribution in [1.82, 2.24) is 15.3 Å². The zero-order valence-electron chi connectivity index (χ0n) is 9.74. The van der Waals surface area contributed by atoms with Crippen LogP contribution in [0, 0.1) is 13.8 Å². The van der Waals surface area contributed by atoms with Gasteiger partial charge >= 0.3 is 0 Å². The minimum absolute atomic E-state index is 0.883. The lowest BCUT2D eigenvalue weighted by Gasteiger charge is -1.99. The zero-order valence-corrected chi connectivity index (χ0v) is 10.6. The molecule has 0 saturated carbocycles. The Hall–Kier alpha value is -1.26. The first-order valence-electron chi connectivity index (χ1n) is 5.24. The smallest absolute Gasteiger partial charge is 0.124 e. The second kappa shape index (κ2) is 4.72. The number of hydrogen-bond donors (Lipinski definition) is 1. The van der Waals surface area contributed by atoms with Crippen molar-refractivity contribution < 1.29 is 0 Å². The first-order valence-corrected chi connectivity index (χ1v) is 6.06. The van der Waals surface area contributed by atoms with Crippen LogP contribution in [0.5, 0.6) is 0 Å². The fraction of sp³-hybridized carbons (Fsp3) is 0.333. The summed E-state index contributed by atoms with van der Waals surface area (Å²) in [5, 5.41) is 4.25. The van der Waals surface area contributed by atoms with Crippen LogP contribution in [0.3, 0.4) is 0 Å². The Morgan fingerprint density at radius 3 is 2.88 bits per heavy atom. The van der Waals surface area contributed by atoms with E-state index in [0.717, 1.165) is 17.2 Å². The number of nitrogens with one attached hydrogen (secondary N) is 1. The summed E-state index contributed by atoms with van der Waals surface area (Å²) in [6.07, 6.45) is 3.70. The number of aryl methyl sites for hydroxylation is 2. The molecule has 0 amide bonds. The number of thiazole rings is 1. The van der Waals surface area contributed by atoms with Gasteiger partial charge < -0.3 is 5.32 Å². The van der Waals surface area contributed by atoms with E-state index in [4.69, 9.17) is 0 Å². The van der Waals surface area contributed by atoms with E-state index in [1.165, 1.54) is 16.0 Å². The molecule has 0 aromatic carbocycles. The van der Waals surface area contributed by atoms with E-state index in [0.29, 0.717) is 0 Å². The van der Waals surface area contributed by atoms with Gasteiger partial charge in [-0.05, 0) is 32.5 Å².